The molecule has 3 aromatic rings. The number of furan rings is 1. The van der Waals surface area contributed by atoms with Crippen LogP contribution in [-0.4, -0.2) is 5.78 Å². The van der Waals surface area contributed by atoms with Crippen molar-refractivity contribution in [3.8, 4) is 0 Å². The molecule has 0 bridgehead atoms. The zero-order valence-electron chi connectivity index (χ0n) is 14.1. The molecule has 2 atom stereocenters. The molecule has 0 unspecified atom stereocenters. The highest BCUT2D eigenvalue weighted by atomic mass is 32.1. The van der Waals surface area contributed by atoms with Gasteiger partial charge in [0.2, 0.25) is 0 Å². The number of allylic oxidation sites excluding steroid dienone is 1. The van der Waals surface area contributed by atoms with Gasteiger partial charge in [0.25, 0.3) is 0 Å². The number of hydrogen-bond acceptors (Lipinski definition) is 5. The van der Waals surface area contributed by atoms with E-state index in [4.69, 9.17) is 4.42 Å². The fourth-order valence-electron chi connectivity index (χ4n) is 3.89. The quantitative estimate of drug-likeness (QED) is 0.648. The molecule has 0 fully saturated rings. The Balaban J connectivity index is 1.62. The number of para-hydroxylation sites is 2. The summed E-state index contributed by atoms with van der Waals surface area (Å²) in [6.07, 6.45) is 3.02. The van der Waals surface area contributed by atoms with Crippen LogP contribution in [0.5, 0.6) is 0 Å². The van der Waals surface area contributed by atoms with Crippen molar-refractivity contribution >= 4 is 28.5 Å². The SMILES string of the molecule is O=C1C[C@@H](c2cccs2)CC2=C1[C@@H](c1ccco1)Nc1ccccc1N2. The monoisotopic (exact) mass is 362 g/mol. The second-order valence-electron chi connectivity index (χ2n) is 6.70. The molecule has 26 heavy (non-hydrogen) atoms. The highest BCUT2D eigenvalue weighted by molar-refractivity contribution is 7.10. The number of anilines is 2. The highest BCUT2D eigenvalue weighted by Crippen LogP contribution is 2.44. The molecule has 5 heteroatoms. The summed E-state index contributed by atoms with van der Waals surface area (Å²) in [6.45, 7) is 0. The lowest BCUT2D eigenvalue weighted by atomic mass is 9.82. The molecule has 0 saturated heterocycles. The number of benzene rings is 1. The molecule has 2 aliphatic rings. The normalized spacial score (nSPS) is 22.1. The Kier molecular flexibility index (Phi) is 3.68. The maximum absolute atomic E-state index is 13.2. The number of thiophene rings is 1. The van der Waals surface area contributed by atoms with Gasteiger partial charge in [-0.05, 0) is 42.1 Å². The van der Waals surface area contributed by atoms with Crippen molar-refractivity contribution in [2.24, 2.45) is 0 Å². The molecule has 0 amide bonds. The van der Waals surface area contributed by atoms with Crippen LogP contribution in [0, 0.1) is 0 Å². The molecular formula is C21H18N2O2S. The second kappa shape index (κ2) is 6.18. The summed E-state index contributed by atoms with van der Waals surface area (Å²) in [5.41, 5.74) is 3.76. The summed E-state index contributed by atoms with van der Waals surface area (Å²) in [5.74, 6) is 1.18. The van der Waals surface area contributed by atoms with Gasteiger partial charge in [0.05, 0.1) is 17.6 Å². The van der Waals surface area contributed by atoms with Crippen molar-refractivity contribution in [1.82, 2.24) is 0 Å². The minimum atomic E-state index is -0.270. The van der Waals surface area contributed by atoms with Crippen LogP contribution in [0.25, 0.3) is 0 Å². The van der Waals surface area contributed by atoms with Crippen LogP contribution >= 0.6 is 11.3 Å². The molecule has 2 N–H and O–H groups in total. The Morgan fingerprint density at radius 1 is 1.00 bits per heavy atom. The first-order chi connectivity index (χ1) is 12.8. The average molecular weight is 362 g/mol. The van der Waals surface area contributed by atoms with E-state index in [0.29, 0.717) is 6.42 Å². The zero-order valence-corrected chi connectivity index (χ0v) is 14.9. The van der Waals surface area contributed by atoms with Gasteiger partial charge in [-0.15, -0.1) is 11.3 Å². The van der Waals surface area contributed by atoms with E-state index in [0.717, 1.165) is 34.8 Å². The van der Waals surface area contributed by atoms with Crippen LogP contribution < -0.4 is 10.6 Å². The van der Waals surface area contributed by atoms with E-state index in [1.807, 2.05) is 36.4 Å². The number of carbonyl (C=O) groups is 1. The summed E-state index contributed by atoms with van der Waals surface area (Å²) in [6, 6.07) is 15.8. The van der Waals surface area contributed by atoms with Crippen LogP contribution in [0.4, 0.5) is 11.4 Å². The average Bonchev–Trinajstić information content (AvgIpc) is 3.33. The Morgan fingerprint density at radius 3 is 2.65 bits per heavy atom. The lowest BCUT2D eigenvalue weighted by Gasteiger charge is -2.28. The Bertz CT molecular complexity index is 973. The van der Waals surface area contributed by atoms with E-state index in [9.17, 15) is 4.79 Å². The number of carbonyl (C=O) groups excluding carboxylic acids is 1. The predicted molar refractivity (Wildman–Crippen MR) is 103 cm³/mol. The third-order valence-electron chi connectivity index (χ3n) is 5.08. The second-order valence-corrected chi connectivity index (χ2v) is 7.68. The van der Waals surface area contributed by atoms with Crippen LogP contribution in [-0.2, 0) is 4.79 Å². The number of hydrogen-bond donors (Lipinski definition) is 2. The minimum Gasteiger partial charge on any atom is -0.467 e. The summed E-state index contributed by atoms with van der Waals surface area (Å²) < 4.78 is 5.67. The van der Waals surface area contributed by atoms with E-state index in [1.165, 1.54) is 4.88 Å². The molecule has 3 heterocycles. The topological polar surface area (TPSA) is 54.3 Å². The van der Waals surface area contributed by atoms with Gasteiger partial charge in [-0.3, -0.25) is 4.79 Å². The molecule has 1 aliphatic carbocycles. The molecule has 1 aromatic carbocycles. The first-order valence-corrected chi connectivity index (χ1v) is 9.63. The van der Waals surface area contributed by atoms with Crippen molar-refractivity contribution in [3.05, 3.63) is 82.1 Å². The highest BCUT2D eigenvalue weighted by Gasteiger charge is 2.37. The molecule has 2 aromatic heterocycles. The standard InChI is InChI=1S/C21H18N2O2S/c24-17-12-13(19-8-4-10-26-19)11-16-20(17)21(18-7-3-9-25-18)23-15-6-2-1-5-14(15)22-16/h1-10,13,21-23H,11-12H2/t13-,21+/m0/s1. The van der Waals surface area contributed by atoms with Gasteiger partial charge in [-0.25, -0.2) is 0 Å². The number of Topliss-reactive ketones (excluding diaryl/α,β-unsaturated/α-hetero) is 1. The lowest BCUT2D eigenvalue weighted by molar-refractivity contribution is -0.116. The zero-order chi connectivity index (χ0) is 17.5. The Hall–Kier alpha value is -2.79. The third-order valence-corrected chi connectivity index (χ3v) is 6.12. The number of fused-ring (bicyclic) bond motifs is 1. The smallest absolute Gasteiger partial charge is 0.163 e. The van der Waals surface area contributed by atoms with Crippen molar-refractivity contribution in [1.29, 1.82) is 0 Å². The molecule has 130 valence electrons. The van der Waals surface area contributed by atoms with Gasteiger partial charge in [0.15, 0.2) is 5.78 Å². The van der Waals surface area contributed by atoms with Gasteiger partial charge >= 0.3 is 0 Å². The molecule has 4 nitrogen and oxygen atoms in total. The van der Waals surface area contributed by atoms with E-state index < -0.39 is 0 Å². The van der Waals surface area contributed by atoms with Gasteiger partial charge in [-0.2, -0.15) is 0 Å². The van der Waals surface area contributed by atoms with Crippen LogP contribution in [0.3, 0.4) is 0 Å². The van der Waals surface area contributed by atoms with Crippen LogP contribution in [0.15, 0.2) is 75.9 Å². The number of nitrogens with one attached hydrogen (secondary N) is 2. The Labute approximate surface area is 155 Å². The molecule has 0 spiro atoms. The maximum Gasteiger partial charge on any atom is 0.163 e. The van der Waals surface area contributed by atoms with Crippen LogP contribution in [0.1, 0.15) is 35.4 Å². The van der Waals surface area contributed by atoms with E-state index in [1.54, 1.807) is 17.6 Å². The van der Waals surface area contributed by atoms with E-state index >= 15 is 0 Å². The van der Waals surface area contributed by atoms with Crippen molar-refractivity contribution in [3.63, 3.8) is 0 Å². The third kappa shape index (κ3) is 2.56. The van der Waals surface area contributed by atoms with Gasteiger partial charge in [0, 0.05) is 28.5 Å². The van der Waals surface area contributed by atoms with Gasteiger partial charge in [-0.1, -0.05) is 18.2 Å². The van der Waals surface area contributed by atoms with E-state index in [2.05, 4.69) is 28.1 Å². The predicted octanol–water partition coefficient (Wildman–Crippen LogP) is 5.32. The Morgan fingerprint density at radius 2 is 1.88 bits per heavy atom. The van der Waals surface area contributed by atoms with Gasteiger partial charge in [0.1, 0.15) is 11.8 Å². The van der Waals surface area contributed by atoms with Crippen LogP contribution in [0.2, 0.25) is 0 Å². The van der Waals surface area contributed by atoms with Crippen molar-refractivity contribution in [2.45, 2.75) is 24.8 Å². The summed E-state index contributed by atoms with van der Waals surface area (Å²) >= 11 is 1.72. The first-order valence-electron chi connectivity index (χ1n) is 8.75. The van der Waals surface area contributed by atoms with E-state index in [-0.39, 0.29) is 17.7 Å². The lowest BCUT2D eigenvalue weighted by Crippen LogP contribution is -2.26. The fourth-order valence-corrected chi connectivity index (χ4v) is 4.72. The number of rotatable bonds is 2. The molecular weight excluding hydrogens is 344 g/mol. The fraction of sp³-hybridized carbons (Fsp3) is 0.190. The molecule has 0 saturated carbocycles. The minimum absolute atomic E-state index is 0.179. The first kappa shape index (κ1) is 15.5. The van der Waals surface area contributed by atoms with Crippen molar-refractivity contribution in [2.75, 3.05) is 10.6 Å². The summed E-state index contributed by atoms with van der Waals surface area (Å²) in [7, 11) is 0. The molecule has 1 aliphatic heterocycles. The van der Waals surface area contributed by atoms with Gasteiger partial charge < -0.3 is 15.1 Å². The molecule has 0 radical (unpaired) electrons. The number of ketones is 1. The summed E-state index contributed by atoms with van der Waals surface area (Å²) in [5, 5.41) is 9.12. The van der Waals surface area contributed by atoms with Crippen molar-refractivity contribution < 1.29 is 9.21 Å². The largest absolute Gasteiger partial charge is 0.467 e. The summed E-state index contributed by atoms with van der Waals surface area (Å²) in [4.78, 5) is 14.4. The maximum atomic E-state index is 13.2. The molecule has 5 rings (SSSR count).